The molecule has 1 heterocycles. The Labute approximate surface area is 165 Å². The van der Waals surface area contributed by atoms with Gasteiger partial charge in [-0.25, -0.2) is 13.2 Å². The number of nitrogens with zero attached hydrogens (tertiary/aromatic N) is 2. The van der Waals surface area contributed by atoms with E-state index in [0.717, 1.165) is 6.07 Å². The first kappa shape index (κ1) is 18.8. The Bertz CT molecular complexity index is 964. The molecule has 2 aromatic carbocycles. The summed E-state index contributed by atoms with van der Waals surface area (Å²) in [5, 5.41) is 10.5. The first-order valence-electron chi connectivity index (χ1n) is 7.27. The summed E-state index contributed by atoms with van der Waals surface area (Å²) in [5.74, 6) is -2.30. The maximum Gasteiger partial charge on any atom is 0.277 e. The largest absolute Gasteiger partial charge is 0.411 e. The first-order chi connectivity index (χ1) is 12.5. The predicted octanol–water partition coefficient (Wildman–Crippen LogP) is 5.78. The number of hydrogen-bond acceptors (Lipinski definition) is 5. The molecule has 1 aromatic heterocycles. The third-order valence-corrected chi connectivity index (χ3v) is 4.73. The normalized spacial score (nSPS) is 10.8. The molecule has 3 aromatic rings. The molecule has 0 aliphatic heterocycles. The summed E-state index contributed by atoms with van der Waals surface area (Å²) in [6, 6.07) is 6.59. The number of anilines is 2. The van der Waals surface area contributed by atoms with E-state index in [4.69, 9.17) is 4.42 Å². The molecule has 0 aliphatic carbocycles. The van der Waals surface area contributed by atoms with Crippen LogP contribution in [0.5, 0.6) is 0 Å². The van der Waals surface area contributed by atoms with E-state index in [0.29, 0.717) is 9.32 Å². The van der Waals surface area contributed by atoms with Crippen LogP contribution < -0.4 is 5.32 Å². The number of benzene rings is 2. The third-order valence-electron chi connectivity index (χ3n) is 3.25. The first-order valence-corrected chi connectivity index (χ1v) is 9.33. The van der Waals surface area contributed by atoms with Gasteiger partial charge in [0.05, 0.1) is 16.9 Å². The number of nitrogens with one attached hydrogen (secondary N) is 1. The van der Waals surface area contributed by atoms with Crippen molar-refractivity contribution >= 4 is 45.7 Å². The Morgan fingerprint density at radius 3 is 2.69 bits per heavy atom. The standard InChI is InChI=1S/C17H11F3IN3OS/c1-2-7-26-17-24-23-16(25-17)10-4-5-11(18)14(20)15(10)22-13-6-3-9(21)8-12(13)19/h2-6,8,22H,1,7H2. The quantitative estimate of drug-likeness (QED) is 0.270. The molecule has 0 radical (unpaired) electrons. The summed E-state index contributed by atoms with van der Waals surface area (Å²) in [7, 11) is 0. The number of halogens is 4. The van der Waals surface area contributed by atoms with Crippen molar-refractivity contribution < 1.29 is 17.6 Å². The molecule has 1 N–H and O–H groups in total. The summed E-state index contributed by atoms with van der Waals surface area (Å²) in [6.45, 7) is 3.59. The van der Waals surface area contributed by atoms with E-state index in [-0.39, 0.29) is 28.1 Å². The fourth-order valence-electron chi connectivity index (χ4n) is 2.08. The van der Waals surface area contributed by atoms with Crippen molar-refractivity contribution in [2.45, 2.75) is 5.22 Å². The van der Waals surface area contributed by atoms with Crippen molar-refractivity contribution in [2.75, 3.05) is 11.1 Å². The van der Waals surface area contributed by atoms with Gasteiger partial charge in [-0.1, -0.05) is 17.8 Å². The maximum absolute atomic E-state index is 14.4. The van der Waals surface area contributed by atoms with Crippen LogP contribution in [0.4, 0.5) is 24.5 Å². The van der Waals surface area contributed by atoms with E-state index < -0.39 is 17.5 Å². The van der Waals surface area contributed by atoms with Gasteiger partial charge in [0.2, 0.25) is 0 Å². The molecule has 0 saturated carbocycles. The van der Waals surface area contributed by atoms with Crippen molar-refractivity contribution in [3.8, 4) is 11.5 Å². The van der Waals surface area contributed by atoms with Gasteiger partial charge in [-0.15, -0.1) is 16.8 Å². The van der Waals surface area contributed by atoms with Gasteiger partial charge in [-0.2, -0.15) is 0 Å². The van der Waals surface area contributed by atoms with Gasteiger partial charge in [0, 0.05) is 9.32 Å². The summed E-state index contributed by atoms with van der Waals surface area (Å²) in [4.78, 5) is 0. The van der Waals surface area contributed by atoms with Gasteiger partial charge in [-0.3, -0.25) is 0 Å². The molecule has 0 saturated heterocycles. The molecule has 0 spiro atoms. The van der Waals surface area contributed by atoms with Crippen LogP contribution in [0.1, 0.15) is 0 Å². The van der Waals surface area contributed by atoms with Gasteiger partial charge >= 0.3 is 0 Å². The average molecular weight is 489 g/mol. The summed E-state index contributed by atoms with van der Waals surface area (Å²) in [6.07, 6.45) is 1.67. The van der Waals surface area contributed by atoms with Crippen LogP contribution in [-0.4, -0.2) is 16.0 Å². The van der Waals surface area contributed by atoms with E-state index in [1.807, 2.05) is 22.6 Å². The van der Waals surface area contributed by atoms with Crippen LogP contribution in [0.2, 0.25) is 0 Å². The second kappa shape index (κ2) is 8.12. The zero-order valence-electron chi connectivity index (χ0n) is 13.1. The van der Waals surface area contributed by atoms with Gasteiger partial charge in [0.25, 0.3) is 11.1 Å². The fraction of sp³-hybridized carbons (Fsp3) is 0.0588. The number of thioether (sulfide) groups is 1. The molecule has 0 unspecified atom stereocenters. The fourth-order valence-corrected chi connectivity index (χ4v) is 3.03. The Morgan fingerprint density at radius 2 is 1.96 bits per heavy atom. The SMILES string of the molecule is C=CCSc1nnc(-c2ccc(F)c(F)c2Nc2ccc(I)cc2F)o1. The van der Waals surface area contributed by atoms with Gasteiger partial charge in [0.15, 0.2) is 11.6 Å². The summed E-state index contributed by atoms with van der Waals surface area (Å²) >= 11 is 3.20. The Kier molecular flexibility index (Phi) is 5.87. The maximum atomic E-state index is 14.4. The lowest BCUT2D eigenvalue weighted by Crippen LogP contribution is -2.01. The van der Waals surface area contributed by atoms with Crippen LogP contribution in [0.25, 0.3) is 11.5 Å². The van der Waals surface area contributed by atoms with Gasteiger partial charge in [-0.05, 0) is 52.9 Å². The number of rotatable bonds is 6. The van der Waals surface area contributed by atoms with Crippen molar-refractivity contribution in [1.29, 1.82) is 0 Å². The molecule has 134 valence electrons. The molecule has 0 fully saturated rings. The van der Waals surface area contributed by atoms with E-state index >= 15 is 0 Å². The van der Waals surface area contributed by atoms with Crippen molar-refractivity contribution in [3.63, 3.8) is 0 Å². The molecule has 0 amide bonds. The average Bonchev–Trinajstić information content (AvgIpc) is 3.08. The molecular weight excluding hydrogens is 478 g/mol. The zero-order chi connectivity index (χ0) is 18.7. The van der Waals surface area contributed by atoms with E-state index in [2.05, 4.69) is 22.1 Å². The molecule has 4 nitrogen and oxygen atoms in total. The van der Waals surface area contributed by atoms with Gasteiger partial charge < -0.3 is 9.73 Å². The van der Waals surface area contributed by atoms with E-state index in [1.54, 1.807) is 12.1 Å². The van der Waals surface area contributed by atoms with Crippen LogP contribution >= 0.6 is 34.4 Å². The second-order valence-corrected chi connectivity index (χ2v) is 7.22. The Morgan fingerprint density at radius 1 is 1.15 bits per heavy atom. The number of aromatic nitrogens is 2. The van der Waals surface area contributed by atoms with Crippen molar-refractivity contribution in [3.05, 3.63) is 64.0 Å². The van der Waals surface area contributed by atoms with E-state index in [9.17, 15) is 13.2 Å². The lowest BCUT2D eigenvalue weighted by atomic mass is 10.1. The van der Waals surface area contributed by atoms with Crippen LogP contribution in [-0.2, 0) is 0 Å². The molecule has 0 aliphatic rings. The monoisotopic (exact) mass is 489 g/mol. The molecule has 0 atom stereocenters. The lowest BCUT2D eigenvalue weighted by Gasteiger charge is -2.12. The molecule has 9 heteroatoms. The highest BCUT2D eigenvalue weighted by atomic mass is 127. The molecular formula is C17H11F3IN3OS. The van der Waals surface area contributed by atoms with Crippen LogP contribution in [0, 0.1) is 21.0 Å². The van der Waals surface area contributed by atoms with E-state index in [1.165, 1.54) is 30.0 Å². The molecule has 26 heavy (non-hydrogen) atoms. The van der Waals surface area contributed by atoms with Gasteiger partial charge in [0.1, 0.15) is 5.82 Å². The lowest BCUT2D eigenvalue weighted by molar-refractivity contribution is 0.465. The summed E-state index contributed by atoms with van der Waals surface area (Å²) < 4.78 is 48.3. The smallest absolute Gasteiger partial charge is 0.277 e. The zero-order valence-corrected chi connectivity index (χ0v) is 16.1. The minimum atomic E-state index is -1.17. The number of hydrogen-bond donors (Lipinski definition) is 1. The highest BCUT2D eigenvalue weighted by molar-refractivity contribution is 14.1. The highest BCUT2D eigenvalue weighted by Gasteiger charge is 2.20. The Balaban J connectivity index is 2.02. The predicted molar refractivity (Wildman–Crippen MR) is 103 cm³/mol. The minimum Gasteiger partial charge on any atom is -0.411 e. The van der Waals surface area contributed by atoms with Crippen LogP contribution in [0.15, 0.2) is 52.6 Å². The molecule has 0 bridgehead atoms. The Hall–Kier alpha value is -2.01. The van der Waals surface area contributed by atoms with Crippen LogP contribution in [0.3, 0.4) is 0 Å². The molecule has 3 rings (SSSR count). The van der Waals surface area contributed by atoms with Crippen molar-refractivity contribution in [1.82, 2.24) is 10.2 Å². The van der Waals surface area contributed by atoms with Crippen molar-refractivity contribution in [2.24, 2.45) is 0 Å². The minimum absolute atomic E-state index is 0.00284. The highest BCUT2D eigenvalue weighted by Crippen LogP contribution is 2.35. The second-order valence-electron chi connectivity index (χ2n) is 5.01. The third kappa shape index (κ3) is 4.04. The summed E-state index contributed by atoms with van der Waals surface area (Å²) in [5.41, 5.74) is -0.161. The topological polar surface area (TPSA) is 51.0 Å².